The molecule has 1 fully saturated rings. The van der Waals surface area contributed by atoms with Crippen molar-refractivity contribution in [2.75, 3.05) is 18.0 Å². The zero-order chi connectivity index (χ0) is 21.0. The summed E-state index contributed by atoms with van der Waals surface area (Å²) in [4.78, 5) is 11.5. The molecule has 1 aliphatic rings. The number of piperazine rings is 1. The Kier molecular flexibility index (Phi) is 4.32. The van der Waals surface area contributed by atoms with Crippen LogP contribution in [0.4, 0.5) is 10.1 Å². The number of nitrogens with zero attached hydrogens (tertiary/aromatic N) is 5. The molecule has 1 saturated heterocycles. The van der Waals surface area contributed by atoms with Crippen LogP contribution in [0.25, 0.3) is 33.2 Å². The molecule has 4 heterocycles. The minimum absolute atomic E-state index is 0.141. The number of aromatic hydroxyl groups is 1. The fraction of sp³-hybridized carbons (Fsp3) is 0.318. The van der Waals surface area contributed by atoms with Crippen molar-refractivity contribution in [3.63, 3.8) is 0 Å². The van der Waals surface area contributed by atoms with Gasteiger partial charge >= 0.3 is 0 Å². The number of benzene rings is 1. The number of phenols is 1. The maximum absolute atomic E-state index is 14.6. The average molecular weight is 406 g/mol. The minimum atomic E-state index is -0.741. The number of pyridine rings is 2. The molecule has 0 spiro atoms. The summed E-state index contributed by atoms with van der Waals surface area (Å²) in [6.45, 7) is 6.19. The number of hydrogen-bond acceptors (Lipinski definition) is 6. The second-order valence-electron chi connectivity index (χ2n) is 8.14. The Balaban J connectivity index is 1.55. The van der Waals surface area contributed by atoms with Crippen LogP contribution in [0.5, 0.6) is 5.75 Å². The van der Waals surface area contributed by atoms with Crippen LogP contribution in [-0.4, -0.2) is 50.0 Å². The number of hydrogen-bond donors (Lipinski definition) is 2. The summed E-state index contributed by atoms with van der Waals surface area (Å²) in [5.74, 6) is -1.19. The molecular weight excluding hydrogens is 383 g/mol. The fourth-order valence-corrected chi connectivity index (χ4v) is 4.29. The molecule has 1 aromatic carbocycles. The van der Waals surface area contributed by atoms with Gasteiger partial charge < -0.3 is 15.3 Å². The number of nitrogens with one attached hydrogen (secondary N) is 1. The first kappa shape index (κ1) is 18.7. The molecule has 0 saturated carbocycles. The lowest BCUT2D eigenvalue weighted by Crippen LogP contribution is -2.54. The van der Waals surface area contributed by atoms with E-state index in [2.05, 4.69) is 45.2 Å². The van der Waals surface area contributed by atoms with E-state index in [0.717, 1.165) is 24.2 Å². The highest BCUT2D eigenvalue weighted by Gasteiger charge is 2.22. The maximum Gasteiger partial charge on any atom is 0.193 e. The largest absolute Gasteiger partial charge is 0.504 e. The van der Waals surface area contributed by atoms with Gasteiger partial charge in [-0.3, -0.25) is 4.68 Å². The third-order valence-corrected chi connectivity index (χ3v) is 5.55. The second kappa shape index (κ2) is 6.91. The number of phenolic OH excluding ortho intramolecular Hbond substituents is 1. The quantitative estimate of drug-likeness (QED) is 0.532. The molecule has 3 aromatic heterocycles. The number of aromatic nitrogens is 4. The highest BCUT2D eigenvalue weighted by atomic mass is 19.1. The van der Waals surface area contributed by atoms with E-state index in [-0.39, 0.29) is 5.52 Å². The topological polar surface area (TPSA) is 79.1 Å². The van der Waals surface area contributed by atoms with Crippen LogP contribution >= 0.6 is 0 Å². The Morgan fingerprint density at radius 3 is 2.67 bits per heavy atom. The Morgan fingerprint density at radius 2 is 1.90 bits per heavy atom. The monoisotopic (exact) mass is 406 g/mol. The molecule has 0 unspecified atom stereocenters. The molecule has 0 aliphatic carbocycles. The van der Waals surface area contributed by atoms with E-state index in [9.17, 15) is 9.50 Å². The summed E-state index contributed by atoms with van der Waals surface area (Å²) in [5, 5.41) is 19.5. The van der Waals surface area contributed by atoms with Gasteiger partial charge in [-0.2, -0.15) is 5.10 Å². The van der Waals surface area contributed by atoms with E-state index in [1.807, 2.05) is 12.3 Å². The van der Waals surface area contributed by atoms with Gasteiger partial charge in [0.15, 0.2) is 17.2 Å². The molecule has 2 atom stereocenters. The summed E-state index contributed by atoms with van der Waals surface area (Å²) in [5.41, 5.74) is 2.54. The standard InChI is InChI=1S/C22H23FN6O/c1-12-9-29(10-13(2)25-12)16-6-14-4-5-18(26-22(14)24-8-16)17-7-15-11-28(3)27-20(15)19(23)21(17)30/h4-8,11-13,25,30H,9-10H2,1-3H3/t12-,13-/m0/s1. The van der Waals surface area contributed by atoms with Crippen molar-refractivity contribution in [2.45, 2.75) is 25.9 Å². The summed E-state index contributed by atoms with van der Waals surface area (Å²) >= 11 is 0. The third kappa shape index (κ3) is 3.13. The van der Waals surface area contributed by atoms with Crippen molar-refractivity contribution < 1.29 is 9.50 Å². The van der Waals surface area contributed by atoms with Gasteiger partial charge in [-0.1, -0.05) is 0 Å². The normalized spacial score (nSPS) is 19.7. The molecule has 5 rings (SSSR count). The lowest BCUT2D eigenvalue weighted by atomic mass is 10.1. The van der Waals surface area contributed by atoms with Crippen molar-refractivity contribution in [1.29, 1.82) is 0 Å². The van der Waals surface area contributed by atoms with Gasteiger partial charge in [-0.15, -0.1) is 0 Å². The molecule has 2 N–H and O–H groups in total. The number of halogens is 1. The Hall–Kier alpha value is -3.26. The Labute approximate surface area is 173 Å². The van der Waals surface area contributed by atoms with Crippen molar-refractivity contribution in [3.8, 4) is 17.0 Å². The number of anilines is 1. The predicted molar refractivity (Wildman–Crippen MR) is 115 cm³/mol. The molecule has 4 aromatic rings. The maximum atomic E-state index is 14.6. The molecular formula is C22H23FN6O. The van der Waals surface area contributed by atoms with Crippen LogP contribution in [0.15, 0.2) is 36.7 Å². The highest BCUT2D eigenvalue weighted by Crippen LogP contribution is 2.36. The van der Waals surface area contributed by atoms with E-state index in [1.54, 1.807) is 25.4 Å². The number of rotatable bonds is 2. The summed E-state index contributed by atoms with van der Waals surface area (Å²) < 4.78 is 16.1. The lowest BCUT2D eigenvalue weighted by Gasteiger charge is -2.37. The van der Waals surface area contributed by atoms with Crippen molar-refractivity contribution >= 4 is 27.6 Å². The van der Waals surface area contributed by atoms with Crippen molar-refractivity contribution in [1.82, 2.24) is 25.1 Å². The molecule has 0 amide bonds. The average Bonchev–Trinajstić information content (AvgIpc) is 3.10. The molecule has 7 nitrogen and oxygen atoms in total. The smallest absolute Gasteiger partial charge is 0.193 e. The molecule has 0 bridgehead atoms. The lowest BCUT2D eigenvalue weighted by molar-refractivity contribution is 0.407. The predicted octanol–water partition coefficient (Wildman–Crippen LogP) is 3.21. The number of fused-ring (bicyclic) bond motifs is 2. The van der Waals surface area contributed by atoms with Gasteiger partial charge in [0.05, 0.1) is 17.6 Å². The molecule has 8 heteroatoms. The van der Waals surface area contributed by atoms with Crippen LogP contribution in [0, 0.1) is 5.82 Å². The van der Waals surface area contributed by atoms with Crippen molar-refractivity contribution in [2.24, 2.45) is 7.05 Å². The van der Waals surface area contributed by atoms with Crippen LogP contribution in [-0.2, 0) is 7.05 Å². The summed E-state index contributed by atoms with van der Waals surface area (Å²) in [6, 6.07) is 8.29. The van der Waals surface area contributed by atoms with E-state index in [0.29, 0.717) is 34.4 Å². The van der Waals surface area contributed by atoms with Gasteiger partial charge in [0.1, 0.15) is 5.52 Å². The zero-order valence-electron chi connectivity index (χ0n) is 17.1. The highest BCUT2D eigenvalue weighted by molar-refractivity contribution is 5.89. The molecule has 0 radical (unpaired) electrons. The van der Waals surface area contributed by atoms with Gasteiger partial charge in [-0.25, -0.2) is 14.4 Å². The Morgan fingerprint density at radius 1 is 1.13 bits per heavy atom. The van der Waals surface area contributed by atoms with Gasteiger partial charge in [-0.05, 0) is 38.1 Å². The van der Waals surface area contributed by atoms with Crippen LogP contribution in [0.3, 0.4) is 0 Å². The second-order valence-corrected chi connectivity index (χ2v) is 8.14. The van der Waals surface area contributed by atoms with E-state index in [4.69, 9.17) is 0 Å². The van der Waals surface area contributed by atoms with Crippen LogP contribution in [0.1, 0.15) is 13.8 Å². The van der Waals surface area contributed by atoms with Gasteiger partial charge in [0, 0.05) is 54.8 Å². The molecule has 154 valence electrons. The first-order valence-electron chi connectivity index (χ1n) is 10.0. The zero-order valence-corrected chi connectivity index (χ0v) is 17.1. The summed E-state index contributed by atoms with van der Waals surface area (Å²) in [7, 11) is 1.71. The molecule has 30 heavy (non-hydrogen) atoms. The number of aryl methyl sites for hydroxylation is 1. The van der Waals surface area contributed by atoms with Crippen LogP contribution < -0.4 is 10.2 Å². The first-order chi connectivity index (χ1) is 14.4. The van der Waals surface area contributed by atoms with Gasteiger partial charge in [0.25, 0.3) is 0 Å². The van der Waals surface area contributed by atoms with Gasteiger partial charge in [0.2, 0.25) is 0 Å². The van der Waals surface area contributed by atoms with Crippen LogP contribution in [0.2, 0.25) is 0 Å². The van der Waals surface area contributed by atoms with E-state index in [1.165, 1.54) is 4.68 Å². The molecule has 1 aliphatic heterocycles. The SMILES string of the molecule is C[C@H]1CN(c2cnc3nc(-c4cc5cn(C)nc5c(F)c4O)ccc3c2)C[C@H](C)N1. The van der Waals surface area contributed by atoms with E-state index >= 15 is 0 Å². The van der Waals surface area contributed by atoms with Crippen molar-refractivity contribution in [3.05, 3.63) is 42.5 Å². The Bertz CT molecular complexity index is 1260. The van der Waals surface area contributed by atoms with E-state index < -0.39 is 11.6 Å². The minimum Gasteiger partial charge on any atom is -0.504 e. The summed E-state index contributed by atoms with van der Waals surface area (Å²) in [6.07, 6.45) is 3.54. The fourth-order valence-electron chi connectivity index (χ4n) is 4.29. The third-order valence-electron chi connectivity index (χ3n) is 5.55. The first-order valence-corrected chi connectivity index (χ1v) is 10.0.